The van der Waals surface area contributed by atoms with Crippen LogP contribution in [0.25, 0.3) is 11.0 Å². The Labute approximate surface area is 125 Å². The Morgan fingerprint density at radius 3 is 2.52 bits per heavy atom. The first kappa shape index (κ1) is 13.8. The molecule has 3 rings (SSSR count). The summed E-state index contributed by atoms with van der Waals surface area (Å²) in [6.07, 6.45) is 1.95. The summed E-state index contributed by atoms with van der Waals surface area (Å²) in [6.45, 7) is 2.65. The van der Waals surface area contributed by atoms with Crippen molar-refractivity contribution >= 4 is 11.0 Å². The minimum absolute atomic E-state index is 0.533. The molecule has 2 N–H and O–H groups in total. The van der Waals surface area contributed by atoms with E-state index in [-0.39, 0.29) is 0 Å². The van der Waals surface area contributed by atoms with Crippen LogP contribution in [0.1, 0.15) is 22.5 Å². The summed E-state index contributed by atoms with van der Waals surface area (Å²) in [5.41, 5.74) is 11.8. The third-order valence-electron chi connectivity index (χ3n) is 4.07. The lowest BCUT2D eigenvalue weighted by molar-refractivity contribution is 0.786. The molecule has 0 amide bonds. The lowest BCUT2D eigenvalue weighted by atomic mass is 10.1. The van der Waals surface area contributed by atoms with E-state index in [1.807, 2.05) is 0 Å². The number of nitrogens with two attached hydrogens (primary N) is 1. The van der Waals surface area contributed by atoms with E-state index >= 15 is 0 Å². The van der Waals surface area contributed by atoms with Gasteiger partial charge in [0.05, 0.1) is 11.0 Å². The highest BCUT2D eigenvalue weighted by Crippen LogP contribution is 2.20. The van der Waals surface area contributed by atoms with Gasteiger partial charge in [0.25, 0.3) is 0 Å². The summed E-state index contributed by atoms with van der Waals surface area (Å²) in [5.74, 6) is 1.12. The molecule has 3 nitrogen and oxygen atoms in total. The molecule has 1 aromatic heterocycles. The zero-order chi connectivity index (χ0) is 14.8. The number of nitrogens with zero attached hydrogens (tertiary/aromatic N) is 2. The Kier molecular flexibility index (Phi) is 3.76. The Bertz CT molecular complexity index is 754. The Morgan fingerprint density at radius 1 is 1.05 bits per heavy atom. The smallest absolute Gasteiger partial charge is 0.109 e. The average molecular weight is 279 g/mol. The van der Waals surface area contributed by atoms with Gasteiger partial charge in [-0.25, -0.2) is 4.98 Å². The lowest BCUT2D eigenvalue weighted by Gasteiger charge is -2.03. The monoisotopic (exact) mass is 279 g/mol. The summed E-state index contributed by atoms with van der Waals surface area (Å²) in [6, 6.07) is 14.9. The Balaban J connectivity index is 1.87. The molecule has 0 spiro atoms. The van der Waals surface area contributed by atoms with Gasteiger partial charge in [0.1, 0.15) is 5.82 Å². The fraction of sp³-hybridized carbons (Fsp3) is 0.278. The number of rotatable bonds is 4. The van der Waals surface area contributed by atoms with E-state index in [0.29, 0.717) is 6.54 Å². The molecular weight excluding hydrogens is 258 g/mol. The highest BCUT2D eigenvalue weighted by atomic mass is 15.1. The van der Waals surface area contributed by atoms with Crippen molar-refractivity contribution in [2.75, 3.05) is 0 Å². The van der Waals surface area contributed by atoms with Crippen molar-refractivity contribution in [3.05, 3.63) is 65.0 Å². The minimum Gasteiger partial charge on any atom is -0.331 e. The molecule has 1 heterocycles. The Hall–Kier alpha value is -2.13. The van der Waals surface area contributed by atoms with Crippen LogP contribution in [0.2, 0.25) is 0 Å². The molecule has 0 bridgehead atoms. The zero-order valence-corrected chi connectivity index (χ0v) is 12.6. The molecule has 0 aliphatic heterocycles. The molecule has 2 aromatic carbocycles. The summed E-state index contributed by atoms with van der Waals surface area (Å²) in [5, 5.41) is 0. The van der Waals surface area contributed by atoms with Crippen LogP contribution < -0.4 is 5.73 Å². The van der Waals surface area contributed by atoms with Crippen LogP contribution in [0.5, 0.6) is 0 Å². The van der Waals surface area contributed by atoms with Crippen molar-refractivity contribution < 1.29 is 0 Å². The maximum absolute atomic E-state index is 5.81. The van der Waals surface area contributed by atoms with Gasteiger partial charge in [0.15, 0.2) is 0 Å². The third-order valence-corrected chi connectivity index (χ3v) is 4.07. The van der Waals surface area contributed by atoms with Crippen LogP contribution in [-0.2, 0) is 26.4 Å². The molecule has 21 heavy (non-hydrogen) atoms. The number of hydrogen-bond donors (Lipinski definition) is 1. The van der Waals surface area contributed by atoms with Crippen molar-refractivity contribution in [1.29, 1.82) is 0 Å². The first-order chi connectivity index (χ1) is 10.2. The third kappa shape index (κ3) is 2.69. The van der Waals surface area contributed by atoms with Crippen molar-refractivity contribution in [3.8, 4) is 0 Å². The van der Waals surface area contributed by atoms with Gasteiger partial charge in [-0.05, 0) is 30.5 Å². The van der Waals surface area contributed by atoms with E-state index in [1.165, 1.54) is 11.1 Å². The molecule has 0 aliphatic carbocycles. The first-order valence-corrected chi connectivity index (χ1v) is 7.38. The van der Waals surface area contributed by atoms with Crippen LogP contribution >= 0.6 is 0 Å². The highest BCUT2D eigenvalue weighted by Gasteiger charge is 2.10. The molecule has 0 unspecified atom stereocenters. The summed E-state index contributed by atoms with van der Waals surface area (Å²) in [4.78, 5) is 4.80. The number of imidazole rings is 1. The topological polar surface area (TPSA) is 43.8 Å². The quantitative estimate of drug-likeness (QED) is 0.797. The highest BCUT2D eigenvalue weighted by molar-refractivity contribution is 5.79. The first-order valence-electron chi connectivity index (χ1n) is 7.38. The van der Waals surface area contributed by atoms with Crippen LogP contribution in [0, 0.1) is 6.92 Å². The number of hydrogen-bond acceptors (Lipinski definition) is 2. The maximum atomic E-state index is 5.81. The second-order valence-electron chi connectivity index (χ2n) is 5.56. The molecule has 0 aliphatic rings. The largest absolute Gasteiger partial charge is 0.331 e. The van der Waals surface area contributed by atoms with Crippen LogP contribution in [0.3, 0.4) is 0 Å². The van der Waals surface area contributed by atoms with Gasteiger partial charge in [-0.3, -0.25) is 0 Å². The normalized spacial score (nSPS) is 11.2. The van der Waals surface area contributed by atoms with E-state index in [1.54, 1.807) is 0 Å². The molecule has 3 aromatic rings. The van der Waals surface area contributed by atoms with E-state index in [0.717, 1.165) is 35.3 Å². The maximum Gasteiger partial charge on any atom is 0.109 e. The fourth-order valence-corrected chi connectivity index (χ4v) is 2.72. The molecule has 0 fully saturated rings. The molecule has 0 saturated carbocycles. The van der Waals surface area contributed by atoms with Crippen molar-refractivity contribution in [3.63, 3.8) is 0 Å². The van der Waals surface area contributed by atoms with E-state index in [2.05, 4.69) is 61.0 Å². The van der Waals surface area contributed by atoms with Gasteiger partial charge in [0.2, 0.25) is 0 Å². The number of fused-ring (bicyclic) bond motifs is 1. The molecule has 3 heteroatoms. The molecular formula is C18H21N3. The van der Waals surface area contributed by atoms with Crippen molar-refractivity contribution in [1.82, 2.24) is 9.55 Å². The second kappa shape index (κ2) is 5.70. The van der Waals surface area contributed by atoms with Crippen molar-refractivity contribution in [2.24, 2.45) is 12.8 Å². The summed E-state index contributed by atoms with van der Waals surface area (Å²) < 4.78 is 2.18. The predicted molar refractivity (Wildman–Crippen MR) is 87.2 cm³/mol. The van der Waals surface area contributed by atoms with Gasteiger partial charge >= 0.3 is 0 Å². The zero-order valence-electron chi connectivity index (χ0n) is 12.6. The molecule has 0 radical (unpaired) electrons. The lowest BCUT2D eigenvalue weighted by Crippen LogP contribution is -2.00. The SMILES string of the molecule is Cc1ccc(CCc2nc3c(CN)cccc3n2C)cc1. The van der Waals surface area contributed by atoms with Crippen LogP contribution in [-0.4, -0.2) is 9.55 Å². The predicted octanol–water partition coefficient (Wildman–Crippen LogP) is 3.13. The standard InChI is InChI=1S/C18H21N3/c1-13-6-8-14(9-7-13)10-11-17-20-18-15(12-19)4-3-5-16(18)21(17)2/h3-9H,10-12,19H2,1-2H3. The fourth-order valence-electron chi connectivity index (χ4n) is 2.72. The van der Waals surface area contributed by atoms with Crippen LogP contribution in [0.15, 0.2) is 42.5 Å². The molecule has 0 atom stereocenters. The number of aryl methyl sites for hydroxylation is 4. The molecule has 0 saturated heterocycles. The second-order valence-corrected chi connectivity index (χ2v) is 5.56. The Morgan fingerprint density at radius 2 is 1.81 bits per heavy atom. The summed E-state index contributed by atoms with van der Waals surface area (Å²) in [7, 11) is 2.08. The summed E-state index contributed by atoms with van der Waals surface area (Å²) >= 11 is 0. The molecule has 108 valence electrons. The van der Waals surface area contributed by atoms with Crippen molar-refractivity contribution in [2.45, 2.75) is 26.3 Å². The van der Waals surface area contributed by atoms with Gasteiger partial charge in [0, 0.05) is 20.0 Å². The van der Waals surface area contributed by atoms with E-state index < -0.39 is 0 Å². The van der Waals surface area contributed by atoms with Gasteiger partial charge in [-0.15, -0.1) is 0 Å². The van der Waals surface area contributed by atoms with E-state index in [4.69, 9.17) is 10.7 Å². The number of para-hydroxylation sites is 1. The van der Waals surface area contributed by atoms with Gasteiger partial charge in [-0.2, -0.15) is 0 Å². The van der Waals surface area contributed by atoms with Gasteiger partial charge < -0.3 is 10.3 Å². The van der Waals surface area contributed by atoms with Crippen LogP contribution in [0.4, 0.5) is 0 Å². The number of benzene rings is 2. The number of aromatic nitrogens is 2. The minimum atomic E-state index is 0.533. The van der Waals surface area contributed by atoms with Gasteiger partial charge in [-0.1, -0.05) is 42.0 Å². The average Bonchev–Trinajstić information content (AvgIpc) is 2.83. The van der Waals surface area contributed by atoms with E-state index in [9.17, 15) is 0 Å².